The molecule has 1 N–H and O–H groups in total. The summed E-state index contributed by atoms with van der Waals surface area (Å²) in [6.07, 6.45) is 8.67. The molecule has 0 aliphatic carbocycles. The lowest BCUT2D eigenvalue weighted by atomic mass is 9.94. The maximum absolute atomic E-state index is 12.1. The minimum absolute atomic E-state index is 0.291. The number of carbonyl (C=O) groups excluding carboxylic acids is 1. The number of nitrogens with zero attached hydrogens (tertiary/aromatic N) is 1. The highest BCUT2D eigenvalue weighted by Gasteiger charge is 2.40. The van der Waals surface area contributed by atoms with Crippen LogP contribution < -0.4 is 5.32 Å². The largest absolute Gasteiger partial charge is 0.341 e. The van der Waals surface area contributed by atoms with Crippen LogP contribution in [0.2, 0.25) is 0 Å². The van der Waals surface area contributed by atoms with E-state index in [0.29, 0.717) is 17.9 Å². The lowest BCUT2D eigenvalue weighted by Crippen LogP contribution is -2.41. The second-order valence-electron chi connectivity index (χ2n) is 5.51. The molecular weight excluding hydrogens is 212 g/mol. The fraction of sp³-hybridized carbons (Fsp3) is 0.929. The summed E-state index contributed by atoms with van der Waals surface area (Å²) in [5.74, 6) is 0.706. The van der Waals surface area contributed by atoms with Crippen molar-refractivity contribution in [1.82, 2.24) is 10.2 Å². The number of rotatable bonds is 6. The summed E-state index contributed by atoms with van der Waals surface area (Å²) in [5.41, 5.74) is 0. The second kappa shape index (κ2) is 6.39. The summed E-state index contributed by atoms with van der Waals surface area (Å²) in [4.78, 5) is 14.2. The van der Waals surface area contributed by atoms with Crippen LogP contribution in [0.1, 0.15) is 51.9 Å². The van der Waals surface area contributed by atoms with Gasteiger partial charge in [-0.15, -0.1) is 0 Å². The molecule has 17 heavy (non-hydrogen) atoms. The molecular formula is C14H26N2O. The summed E-state index contributed by atoms with van der Waals surface area (Å²) in [7, 11) is 0. The van der Waals surface area contributed by atoms with Crippen molar-refractivity contribution in [3.8, 4) is 0 Å². The standard InChI is InChI=1S/C14H26N2O/c1-2-3-4-5-6-10-16-11-13-12(14(16)17)8-7-9-15-13/h12-13,15H,2-11H2,1H3. The van der Waals surface area contributed by atoms with E-state index >= 15 is 0 Å². The molecule has 2 saturated heterocycles. The Balaban J connectivity index is 1.69. The fourth-order valence-corrected chi connectivity index (χ4v) is 3.11. The van der Waals surface area contributed by atoms with E-state index in [9.17, 15) is 4.79 Å². The van der Waals surface area contributed by atoms with Gasteiger partial charge >= 0.3 is 0 Å². The molecule has 0 aromatic rings. The van der Waals surface area contributed by atoms with Crippen LogP contribution in [0.5, 0.6) is 0 Å². The van der Waals surface area contributed by atoms with Crippen LogP contribution >= 0.6 is 0 Å². The Kier molecular flexibility index (Phi) is 4.84. The minimum atomic E-state index is 0.291. The topological polar surface area (TPSA) is 32.3 Å². The molecule has 3 heteroatoms. The Bertz CT molecular complexity index is 255. The van der Waals surface area contributed by atoms with Crippen molar-refractivity contribution < 1.29 is 4.79 Å². The molecule has 2 atom stereocenters. The summed E-state index contributed by atoms with van der Waals surface area (Å²) >= 11 is 0. The van der Waals surface area contributed by atoms with Gasteiger partial charge in [0.15, 0.2) is 0 Å². The first kappa shape index (κ1) is 12.9. The first-order valence-corrected chi connectivity index (χ1v) is 7.35. The van der Waals surface area contributed by atoms with Gasteiger partial charge in [-0.05, 0) is 25.8 Å². The molecule has 0 spiro atoms. The van der Waals surface area contributed by atoms with Crippen LogP contribution in [0.3, 0.4) is 0 Å². The Morgan fingerprint density at radius 2 is 2.12 bits per heavy atom. The van der Waals surface area contributed by atoms with Gasteiger partial charge in [0.2, 0.25) is 5.91 Å². The Morgan fingerprint density at radius 1 is 1.29 bits per heavy atom. The highest BCUT2D eigenvalue weighted by molar-refractivity contribution is 5.82. The van der Waals surface area contributed by atoms with Crippen LogP contribution in [0.25, 0.3) is 0 Å². The molecule has 2 rings (SSSR count). The smallest absolute Gasteiger partial charge is 0.227 e. The van der Waals surface area contributed by atoms with E-state index in [-0.39, 0.29) is 0 Å². The van der Waals surface area contributed by atoms with Crippen molar-refractivity contribution >= 4 is 5.91 Å². The third-order valence-corrected chi connectivity index (χ3v) is 4.16. The van der Waals surface area contributed by atoms with Crippen molar-refractivity contribution in [2.75, 3.05) is 19.6 Å². The van der Waals surface area contributed by atoms with Crippen molar-refractivity contribution in [1.29, 1.82) is 0 Å². The number of hydrogen-bond donors (Lipinski definition) is 1. The maximum Gasteiger partial charge on any atom is 0.227 e. The van der Waals surface area contributed by atoms with Crippen molar-refractivity contribution in [2.24, 2.45) is 5.92 Å². The molecule has 0 aromatic heterocycles. The number of fused-ring (bicyclic) bond motifs is 1. The summed E-state index contributed by atoms with van der Waals surface area (Å²) in [6.45, 7) is 5.27. The van der Waals surface area contributed by atoms with E-state index in [1.54, 1.807) is 0 Å². The third kappa shape index (κ3) is 3.21. The van der Waals surface area contributed by atoms with Crippen molar-refractivity contribution in [2.45, 2.75) is 57.9 Å². The number of unbranched alkanes of at least 4 members (excludes halogenated alkanes) is 4. The Labute approximate surface area is 105 Å². The molecule has 2 fully saturated rings. The third-order valence-electron chi connectivity index (χ3n) is 4.16. The first-order valence-electron chi connectivity index (χ1n) is 7.35. The normalized spacial score (nSPS) is 28.5. The quantitative estimate of drug-likeness (QED) is 0.719. The second-order valence-corrected chi connectivity index (χ2v) is 5.51. The van der Waals surface area contributed by atoms with Gasteiger partial charge < -0.3 is 10.2 Å². The van der Waals surface area contributed by atoms with Gasteiger partial charge in [0.05, 0.1) is 5.92 Å². The van der Waals surface area contributed by atoms with Crippen LogP contribution in [0, 0.1) is 5.92 Å². The van der Waals surface area contributed by atoms with Gasteiger partial charge in [0, 0.05) is 19.1 Å². The van der Waals surface area contributed by atoms with Gasteiger partial charge in [-0.25, -0.2) is 0 Å². The molecule has 0 radical (unpaired) electrons. The van der Waals surface area contributed by atoms with E-state index in [4.69, 9.17) is 0 Å². The Morgan fingerprint density at radius 3 is 2.88 bits per heavy atom. The SMILES string of the molecule is CCCCCCCN1CC2NCCCC2C1=O. The molecule has 2 aliphatic heterocycles. The van der Waals surface area contributed by atoms with Crippen LogP contribution in [0.15, 0.2) is 0 Å². The molecule has 2 aliphatic rings. The highest BCUT2D eigenvalue weighted by Crippen LogP contribution is 2.26. The predicted molar refractivity (Wildman–Crippen MR) is 69.9 cm³/mol. The molecule has 2 heterocycles. The Hall–Kier alpha value is -0.570. The van der Waals surface area contributed by atoms with Gasteiger partial charge in [0.25, 0.3) is 0 Å². The number of likely N-dealkylation sites (tertiary alicyclic amines) is 1. The summed E-state index contributed by atoms with van der Waals surface area (Å²) in [5, 5.41) is 3.49. The first-order chi connectivity index (χ1) is 8.33. The van der Waals surface area contributed by atoms with Crippen LogP contribution in [-0.4, -0.2) is 36.5 Å². The molecule has 0 aromatic carbocycles. The van der Waals surface area contributed by atoms with E-state index in [1.807, 2.05) is 0 Å². The van der Waals surface area contributed by atoms with E-state index in [1.165, 1.54) is 32.1 Å². The molecule has 1 amide bonds. The monoisotopic (exact) mass is 238 g/mol. The van der Waals surface area contributed by atoms with Crippen molar-refractivity contribution in [3.05, 3.63) is 0 Å². The number of nitrogens with one attached hydrogen (secondary N) is 1. The average Bonchev–Trinajstić information content (AvgIpc) is 2.67. The molecule has 0 bridgehead atoms. The van der Waals surface area contributed by atoms with E-state index < -0.39 is 0 Å². The van der Waals surface area contributed by atoms with Gasteiger partial charge in [-0.3, -0.25) is 4.79 Å². The fourth-order valence-electron chi connectivity index (χ4n) is 3.11. The molecule has 2 unspecified atom stereocenters. The average molecular weight is 238 g/mol. The molecule has 98 valence electrons. The van der Waals surface area contributed by atoms with Gasteiger partial charge in [0.1, 0.15) is 0 Å². The number of carbonyl (C=O) groups is 1. The number of amides is 1. The van der Waals surface area contributed by atoms with Crippen LogP contribution in [0.4, 0.5) is 0 Å². The van der Waals surface area contributed by atoms with E-state index in [2.05, 4.69) is 17.1 Å². The lowest BCUT2D eigenvalue weighted by Gasteiger charge is -2.23. The van der Waals surface area contributed by atoms with E-state index in [0.717, 1.165) is 32.5 Å². The lowest BCUT2D eigenvalue weighted by molar-refractivity contribution is -0.131. The van der Waals surface area contributed by atoms with Crippen LogP contribution in [-0.2, 0) is 4.79 Å². The molecule has 3 nitrogen and oxygen atoms in total. The van der Waals surface area contributed by atoms with Gasteiger partial charge in [-0.1, -0.05) is 32.6 Å². The highest BCUT2D eigenvalue weighted by atomic mass is 16.2. The zero-order valence-electron chi connectivity index (χ0n) is 11.1. The summed E-state index contributed by atoms with van der Waals surface area (Å²) < 4.78 is 0. The maximum atomic E-state index is 12.1. The molecule has 0 saturated carbocycles. The number of hydrogen-bond acceptors (Lipinski definition) is 2. The van der Waals surface area contributed by atoms with Crippen molar-refractivity contribution in [3.63, 3.8) is 0 Å². The van der Waals surface area contributed by atoms with Gasteiger partial charge in [-0.2, -0.15) is 0 Å². The number of piperidine rings is 1. The minimum Gasteiger partial charge on any atom is -0.341 e. The predicted octanol–water partition coefficient (Wildman–Crippen LogP) is 2.17. The zero-order valence-corrected chi connectivity index (χ0v) is 11.1. The summed E-state index contributed by atoms with van der Waals surface area (Å²) in [6, 6.07) is 0.451. The zero-order chi connectivity index (χ0) is 12.1.